The maximum Gasteiger partial charge on any atom is 0.335 e. The Bertz CT molecular complexity index is 1520. The minimum atomic E-state index is -0.990. The number of hydrogen-bond acceptors (Lipinski definition) is 8. The van der Waals surface area contributed by atoms with E-state index in [-0.39, 0.29) is 24.0 Å². The first-order chi connectivity index (χ1) is 22.4. The molecule has 3 N–H and O–H groups in total. The molecule has 1 fully saturated rings. The monoisotopic (exact) mass is 664 g/mol. The third-order valence-corrected chi connectivity index (χ3v) is 8.95. The number of nitrogens with one attached hydrogen (secondary N) is 2. The van der Waals surface area contributed by atoms with E-state index in [1.165, 1.54) is 12.1 Å². The highest BCUT2D eigenvalue weighted by Crippen LogP contribution is 2.28. The number of nitrogens with zero attached hydrogens (tertiary/aromatic N) is 2. The Balaban J connectivity index is 1.20. The van der Waals surface area contributed by atoms with E-state index >= 15 is 0 Å². The van der Waals surface area contributed by atoms with Crippen LogP contribution in [0.25, 0.3) is 10.4 Å². The molecule has 12 heteroatoms. The summed E-state index contributed by atoms with van der Waals surface area (Å²) < 4.78 is 11.2. The van der Waals surface area contributed by atoms with Gasteiger partial charge in [-0.1, -0.05) is 45.0 Å². The fraction of sp³-hybridized carbons (Fsp3) is 0.457. The highest BCUT2D eigenvalue weighted by Gasteiger charge is 2.41. The summed E-state index contributed by atoms with van der Waals surface area (Å²) in [7, 11) is 0. The van der Waals surface area contributed by atoms with Crippen molar-refractivity contribution in [3.63, 3.8) is 0 Å². The lowest BCUT2D eigenvalue weighted by atomic mass is 9.85. The number of aromatic carboxylic acids is 1. The average Bonchev–Trinajstić information content (AvgIpc) is 3.71. The number of rotatable bonds is 15. The number of carbonyl (C=O) groups is 4. The van der Waals surface area contributed by atoms with Crippen LogP contribution in [0.5, 0.6) is 5.75 Å². The summed E-state index contributed by atoms with van der Waals surface area (Å²) in [6.07, 6.45) is 2.61. The van der Waals surface area contributed by atoms with E-state index in [0.717, 1.165) is 21.7 Å². The van der Waals surface area contributed by atoms with Gasteiger partial charge in [0.05, 0.1) is 28.3 Å². The van der Waals surface area contributed by atoms with Crippen LogP contribution < -0.4 is 15.4 Å². The molecule has 3 amide bonds. The van der Waals surface area contributed by atoms with Gasteiger partial charge in [0.1, 0.15) is 24.4 Å². The van der Waals surface area contributed by atoms with Gasteiger partial charge in [0, 0.05) is 19.7 Å². The van der Waals surface area contributed by atoms with Crippen LogP contribution in [0.3, 0.4) is 0 Å². The van der Waals surface area contributed by atoms with Crippen molar-refractivity contribution in [2.45, 2.75) is 72.0 Å². The molecule has 1 aromatic heterocycles. The SMILES string of the molecule is Cc1ncsc1-c1ccc(CNC(=O)C2CCCN2C(=O)C(NC(=O)COCCCCOc2ccc(C(=O)O)cc2)C(C)(C)C)cc1. The van der Waals surface area contributed by atoms with Crippen molar-refractivity contribution in [2.24, 2.45) is 5.41 Å². The first-order valence-corrected chi connectivity index (χ1v) is 16.7. The van der Waals surface area contributed by atoms with Crippen molar-refractivity contribution in [1.29, 1.82) is 0 Å². The molecule has 2 heterocycles. The molecule has 4 rings (SSSR count). The van der Waals surface area contributed by atoms with Crippen molar-refractivity contribution in [1.82, 2.24) is 20.5 Å². The van der Waals surface area contributed by atoms with Gasteiger partial charge in [-0.2, -0.15) is 0 Å². The van der Waals surface area contributed by atoms with Gasteiger partial charge in [0.25, 0.3) is 0 Å². The topological polar surface area (TPSA) is 147 Å². The van der Waals surface area contributed by atoms with Crippen LogP contribution in [0.2, 0.25) is 0 Å². The number of likely N-dealkylation sites (tertiary alicyclic amines) is 1. The molecule has 1 aliphatic heterocycles. The minimum Gasteiger partial charge on any atom is -0.494 e. The van der Waals surface area contributed by atoms with Gasteiger partial charge in [-0.05, 0) is 73.4 Å². The normalized spacial score (nSPS) is 15.2. The molecule has 2 aromatic carbocycles. The number of benzene rings is 2. The largest absolute Gasteiger partial charge is 0.494 e. The number of thiazole rings is 1. The fourth-order valence-electron chi connectivity index (χ4n) is 5.33. The Labute approximate surface area is 279 Å². The zero-order valence-corrected chi connectivity index (χ0v) is 28.2. The zero-order valence-electron chi connectivity index (χ0n) is 27.4. The molecule has 0 aliphatic carbocycles. The third kappa shape index (κ3) is 10.1. The van der Waals surface area contributed by atoms with Gasteiger partial charge in [0.2, 0.25) is 17.7 Å². The first kappa shape index (κ1) is 35.6. The van der Waals surface area contributed by atoms with Crippen LogP contribution in [0.15, 0.2) is 54.0 Å². The maximum atomic E-state index is 13.8. The second kappa shape index (κ2) is 16.5. The first-order valence-electron chi connectivity index (χ1n) is 15.8. The van der Waals surface area contributed by atoms with Crippen LogP contribution in [-0.2, 0) is 25.7 Å². The van der Waals surface area contributed by atoms with Crippen LogP contribution in [0.1, 0.15) is 68.1 Å². The summed E-state index contributed by atoms with van der Waals surface area (Å²) in [5.74, 6) is -1.29. The molecule has 2 atom stereocenters. The number of hydrogen-bond donors (Lipinski definition) is 3. The molecule has 0 radical (unpaired) electrons. The number of carbonyl (C=O) groups excluding carboxylic acids is 3. The summed E-state index contributed by atoms with van der Waals surface area (Å²) in [6.45, 7) is 9.00. The van der Waals surface area contributed by atoms with E-state index in [1.54, 1.807) is 28.4 Å². The van der Waals surface area contributed by atoms with Gasteiger partial charge >= 0.3 is 5.97 Å². The number of unbranched alkanes of at least 4 members (excludes halogenated alkanes) is 1. The zero-order chi connectivity index (χ0) is 34.0. The average molecular weight is 665 g/mol. The van der Waals surface area contributed by atoms with E-state index in [0.29, 0.717) is 57.7 Å². The Morgan fingerprint density at radius 3 is 2.38 bits per heavy atom. The van der Waals surface area contributed by atoms with Crippen molar-refractivity contribution in [3.05, 3.63) is 70.9 Å². The van der Waals surface area contributed by atoms with E-state index in [1.807, 2.05) is 57.5 Å². The quantitative estimate of drug-likeness (QED) is 0.196. The van der Waals surface area contributed by atoms with Crippen LogP contribution in [-0.4, -0.2) is 77.1 Å². The molecule has 0 saturated carbocycles. The van der Waals surface area contributed by atoms with E-state index in [4.69, 9.17) is 14.6 Å². The molecular formula is C35H44N4O7S. The van der Waals surface area contributed by atoms with Gasteiger partial charge in [-0.15, -0.1) is 11.3 Å². The van der Waals surface area contributed by atoms with E-state index in [2.05, 4.69) is 15.6 Å². The summed E-state index contributed by atoms with van der Waals surface area (Å²) in [4.78, 5) is 57.8. The van der Waals surface area contributed by atoms with Crippen molar-refractivity contribution in [2.75, 3.05) is 26.4 Å². The molecular weight excluding hydrogens is 620 g/mol. The molecule has 252 valence electrons. The summed E-state index contributed by atoms with van der Waals surface area (Å²) in [5, 5.41) is 14.8. The second-order valence-electron chi connectivity index (χ2n) is 12.7. The number of carboxylic acid groups (broad SMARTS) is 1. The molecule has 0 spiro atoms. The van der Waals surface area contributed by atoms with Gasteiger partial charge < -0.3 is 30.1 Å². The molecule has 11 nitrogen and oxygen atoms in total. The van der Waals surface area contributed by atoms with Crippen molar-refractivity contribution in [3.8, 4) is 16.2 Å². The Morgan fingerprint density at radius 1 is 1.04 bits per heavy atom. The molecule has 3 aromatic rings. The fourth-order valence-corrected chi connectivity index (χ4v) is 6.15. The van der Waals surface area contributed by atoms with Crippen LogP contribution in [0.4, 0.5) is 0 Å². The lowest BCUT2D eigenvalue weighted by Gasteiger charge is -2.35. The lowest BCUT2D eigenvalue weighted by Crippen LogP contribution is -2.58. The molecule has 47 heavy (non-hydrogen) atoms. The number of aromatic nitrogens is 1. The Hall–Kier alpha value is -4.29. The van der Waals surface area contributed by atoms with Crippen LogP contribution in [0, 0.1) is 12.3 Å². The molecule has 2 unspecified atom stereocenters. The van der Waals surface area contributed by atoms with E-state index < -0.39 is 29.4 Å². The standard InChI is InChI=1S/C35H44N4O7S/c1-23-30(47-22-37-23)25-11-9-24(10-12-25)20-36-32(41)28-8-7-17-39(28)33(42)31(35(2,3)4)38-29(40)21-45-18-5-6-19-46-27-15-13-26(14-16-27)34(43)44/h9-16,22,28,31H,5-8,17-21H2,1-4H3,(H,36,41)(H,38,40)(H,43,44). The molecule has 1 saturated heterocycles. The van der Waals surface area contributed by atoms with Gasteiger partial charge in [0.15, 0.2) is 0 Å². The number of amides is 3. The summed E-state index contributed by atoms with van der Waals surface area (Å²) in [5.41, 5.74) is 4.47. The number of aryl methyl sites for hydroxylation is 1. The Morgan fingerprint density at radius 2 is 1.74 bits per heavy atom. The van der Waals surface area contributed by atoms with Crippen molar-refractivity contribution >= 4 is 35.0 Å². The van der Waals surface area contributed by atoms with Gasteiger partial charge in [-0.25, -0.2) is 9.78 Å². The summed E-state index contributed by atoms with van der Waals surface area (Å²) in [6, 6.07) is 12.8. The smallest absolute Gasteiger partial charge is 0.335 e. The minimum absolute atomic E-state index is 0.192. The Kier molecular flexibility index (Phi) is 12.5. The predicted octanol–water partition coefficient (Wildman–Crippen LogP) is 4.83. The van der Waals surface area contributed by atoms with E-state index in [9.17, 15) is 19.2 Å². The predicted molar refractivity (Wildman–Crippen MR) is 179 cm³/mol. The lowest BCUT2D eigenvalue weighted by molar-refractivity contribution is -0.144. The van der Waals surface area contributed by atoms with Gasteiger partial charge in [-0.3, -0.25) is 14.4 Å². The molecule has 1 aliphatic rings. The number of carboxylic acids is 1. The highest BCUT2D eigenvalue weighted by molar-refractivity contribution is 7.13. The van der Waals surface area contributed by atoms with Crippen molar-refractivity contribution < 1.29 is 33.8 Å². The maximum absolute atomic E-state index is 13.8. The third-order valence-electron chi connectivity index (χ3n) is 7.97. The molecule has 0 bridgehead atoms. The summed E-state index contributed by atoms with van der Waals surface area (Å²) >= 11 is 1.59. The number of ether oxygens (including phenoxy) is 2. The second-order valence-corrected chi connectivity index (χ2v) is 13.5. The van der Waals surface area contributed by atoms with Crippen LogP contribution >= 0.6 is 11.3 Å². The highest BCUT2D eigenvalue weighted by atomic mass is 32.1.